The summed E-state index contributed by atoms with van der Waals surface area (Å²) in [4.78, 5) is 14.1. The Bertz CT molecular complexity index is 456. The summed E-state index contributed by atoms with van der Waals surface area (Å²) in [6.45, 7) is 5.36. The summed E-state index contributed by atoms with van der Waals surface area (Å²) in [5.41, 5.74) is 0.0833. The van der Waals surface area contributed by atoms with E-state index in [2.05, 4.69) is 5.32 Å². The summed E-state index contributed by atoms with van der Waals surface area (Å²) >= 11 is 5.69. The summed E-state index contributed by atoms with van der Waals surface area (Å²) in [6, 6.07) is 4.26. The molecule has 18 heavy (non-hydrogen) atoms. The Hall–Kier alpha value is -1.13. The normalized spacial score (nSPS) is 24.1. The maximum atomic E-state index is 13.8. The van der Waals surface area contributed by atoms with E-state index in [1.165, 1.54) is 18.2 Å². The number of carbonyl (C=O) groups excluding carboxylic acids is 1. The van der Waals surface area contributed by atoms with Gasteiger partial charge in [0.1, 0.15) is 5.82 Å². The van der Waals surface area contributed by atoms with Crippen molar-refractivity contribution in [1.82, 2.24) is 10.2 Å². The van der Waals surface area contributed by atoms with Crippen LogP contribution < -0.4 is 5.32 Å². The Morgan fingerprint density at radius 2 is 2.00 bits per heavy atom. The van der Waals surface area contributed by atoms with E-state index in [0.717, 1.165) is 13.1 Å². The number of benzene rings is 1. The van der Waals surface area contributed by atoms with E-state index in [4.69, 9.17) is 11.6 Å². The van der Waals surface area contributed by atoms with Crippen molar-refractivity contribution in [2.45, 2.75) is 25.9 Å². The van der Waals surface area contributed by atoms with Crippen LogP contribution in [0.2, 0.25) is 5.02 Å². The number of amides is 1. The average Bonchev–Trinajstić information content (AvgIpc) is 2.28. The van der Waals surface area contributed by atoms with Gasteiger partial charge in [0, 0.05) is 30.2 Å². The van der Waals surface area contributed by atoms with Crippen molar-refractivity contribution in [3.8, 4) is 0 Å². The molecule has 0 radical (unpaired) electrons. The van der Waals surface area contributed by atoms with Crippen molar-refractivity contribution in [1.29, 1.82) is 0 Å². The molecule has 1 aromatic carbocycles. The zero-order valence-corrected chi connectivity index (χ0v) is 11.2. The van der Waals surface area contributed by atoms with Gasteiger partial charge in [-0.05, 0) is 32.0 Å². The SMILES string of the molecule is CC1CNCC(C)N1C(=O)c1ccc(Cl)cc1F. The first kappa shape index (κ1) is 13.3. The topological polar surface area (TPSA) is 32.3 Å². The van der Waals surface area contributed by atoms with Gasteiger partial charge in [0.25, 0.3) is 5.91 Å². The van der Waals surface area contributed by atoms with Gasteiger partial charge in [0.15, 0.2) is 0 Å². The first-order chi connectivity index (χ1) is 8.50. The lowest BCUT2D eigenvalue weighted by molar-refractivity contribution is 0.0540. The maximum Gasteiger partial charge on any atom is 0.257 e. The predicted molar refractivity (Wildman–Crippen MR) is 69.4 cm³/mol. The first-order valence-electron chi connectivity index (χ1n) is 5.99. The largest absolute Gasteiger partial charge is 0.331 e. The third kappa shape index (κ3) is 2.49. The molecule has 0 aliphatic carbocycles. The van der Waals surface area contributed by atoms with Crippen LogP contribution >= 0.6 is 11.6 Å². The molecule has 0 bridgehead atoms. The second-order valence-corrected chi connectivity index (χ2v) is 5.13. The minimum Gasteiger partial charge on any atom is -0.331 e. The van der Waals surface area contributed by atoms with Gasteiger partial charge in [-0.3, -0.25) is 4.79 Å². The lowest BCUT2D eigenvalue weighted by Gasteiger charge is -2.39. The number of rotatable bonds is 1. The lowest BCUT2D eigenvalue weighted by Crippen LogP contribution is -2.57. The van der Waals surface area contributed by atoms with E-state index in [-0.39, 0.29) is 23.6 Å². The zero-order chi connectivity index (χ0) is 13.3. The number of piperazine rings is 1. The van der Waals surface area contributed by atoms with Crippen LogP contribution in [0.15, 0.2) is 18.2 Å². The van der Waals surface area contributed by atoms with Gasteiger partial charge in [0.2, 0.25) is 0 Å². The minimum absolute atomic E-state index is 0.0522. The fraction of sp³-hybridized carbons (Fsp3) is 0.462. The molecule has 1 fully saturated rings. The highest BCUT2D eigenvalue weighted by atomic mass is 35.5. The van der Waals surface area contributed by atoms with Crippen LogP contribution in [0.5, 0.6) is 0 Å². The summed E-state index contributed by atoms with van der Waals surface area (Å²) < 4.78 is 13.8. The highest BCUT2D eigenvalue weighted by molar-refractivity contribution is 6.30. The molecular weight excluding hydrogens is 255 g/mol. The van der Waals surface area contributed by atoms with Crippen molar-refractivity contribution < 1.29 is 9.18 Å². The molecule has 1 heterocycles. The Morgan fingerprint density at radius 3 is 2.56 bits per heavy atom. The molecule has 0 aromatic heterocycles. The van der Waals surface area contributed by atoms with Crippen LogP contribution in [-0.4, -0.2) is 36.0 Å². The van der Waals surface area contributed by atoms with Crippen LogP contribution in [0.3, 0.4) is 0 Å². The average molecular weight is 271 g/mol. The molecular formula is C13H16ClFN2O. The summed E-state index contributed by atoms with van der Waals surface area (Å²) in [5, 5.41) is 3.53. The van der Waals surface area contributed by atoms with Crippen molar-refractivity contribution in [2.24, 2.45) is 0 Å². The molecule has 2 unspecified atom stereocenters. The highest BCUT2D eigenvalue weighted by Gasteiger charge is 2.30. The molecule has 0 saturated carbocycles. The van der Waals surface area contributed by atoms with Gasteiger partial charge in [0.05, 0.1) is 5.56 Å². The molecule has 1 saturated heterocycles. The molecule has 1 aliphatic rings. The lowest BCUT2D eigenvalue weighted by atomic mass is 10.1. The fourth-order valence-electron chi connectivity index (χ4n) is 2.33. The quantitative estimate of drug-likeness (QED) is 0.849. The van der Waals surface area contributed by atoms with Gasteiger partial charge < -0.3 is 10.2 Å². The number of nitrogens with one attached hydrogen (secondary N) is 1. The van der Waals surface area contributed by atoms with E-state index in [0.29, 0.717) is 5.02 Å². The van der Waals surface area contributed by atoms with Gasteiger partial charge in [-0.25, -0.2) is 4.39 Å². The second kappa shape index (κ2) is 5.24. The maximum absolute atomic E-state index is 13.8. The van der Waals surface area contributed by atoms with Gasteiger partial charge in [-0.1, -0.05) is 11.6 Å². The number of halogens is 2. The molecule has 1 aliphatic heterocycles. The summed E-state index contributed by atoms with van der Waals surface area (Å²) in [6.07, 6.45) is 0. The van der Waals surface area contributed by atoms with Crippen LogP contribution in [0.25, 0.3) is 0 Å². The fourth-order valence-corrected chi connectivity index (χ4v) is 2.49. The number of nitrogens with zero attached hydrogens (tertiary/aromatic N) is 1. The van der Waals surface area contributed by atoms with Crippen LogP contribution in [0, 0.1) is 5.82 Å². The van der Waals surface area contributed by atoms with Gasteiger partial charge in [-0.15, -0.1) is 0 Å². The van der Waals surface area contributed by atoms with E-state index < -0.39 is 5.82 Å². The summed E-state index contributed by atoms with van der Waals surface area (Å²) in [7, 11) is 0. The standard InChI is InChI=1S/C13H16ClFN2O/c1-8-6-16-7-9(2)17(8)13(18)11-4-3-10(14)5-12(11)15/h3-5,8-9,16H,6-7H2,1-2H3. The van der Waals surface area contributed by atoms with Crippen LogP contribution in [-0.2, 0) is 0 Å². The molecule has 5 heteroatoms. The van der Waals surface area contributed by atoms with Crippen molar-refractivity contribution in [2.75, 3.05) is 13.1 Å². The molecule has 3 nitrogen and oxygen atoms in total. The van der Waals surface area contributed by atoms with E-state index in [1.807, 2.05) is 13.8 Å². The number of hydrogen-bond donors (Lipinski definition) is 1. The Morgan fingerprint density at radius 1 is 1.39 bits per heavy atom. The molecule has 2 rings (SSSR count). The minimum atomic E-state index is -0.564. The van der Waals surface area contributed by atoms with Crippen molar-refractivity contribution >= 4 is 17.5 Å². The molecule has 2 atom stereocenters. The molecule has 1 aromatic rings. The molecule has 98 valence electrons. The van der Waals surface area contributed by atoms with Crippen molar-refractivity contribution in [3.63, 3.8) is 0 Å². The Labute approximate surface area is 111 Å². The third-order valence-corrected chi connectivity index (χ3v) is 3.46. The van der Waals surface area contributed by atoms with E-state index in [1.54, 1.807) is 4.90 Å². The van der Waals surface area contributed by atoms with Crippen LogP contribution in [0.1, 0.15) is 24.2 Å². The van der Waals surface area contributed by atoms with Crippen molar-refractivity contribution in [3.05, 3.63) is 34.6 Å². The highest BCUT2D eigenvalue weighted by Crippen LogP contribution is 2.19. The van der Waals surface area contributed by atoms with Crippen LogP contribution in [0.4, 0.5) is 4.39 Å². The second-order valence-electron chi connectivity index (χ2n) is 4.69. The predicted octanol–water partition coefficient (Wildman–Crippen LogP) is 2.30. The van der Waals surface area contributed by atoms with E-state index >= 15 is 0 Å². The van der Waals surface area contributed by atoms with E-state index in [9.17, 15) is 9.18 Å². The Kier molecular flexibility index (Phi) is 3.88. The zero-order valence-electron chi connectivity index (χ0n) is 10.4. The number of carbonyl (C=O) groups is 1. The van der Waals surface area contributed by atoms with Gasteiger partial charge >= 0.3 is 0 Å². The molecule has 1 amide bonds. The molecule has 1 N–H and O–H groups in total. The number of hydrogen-bond acceptors (Lipinski definition) is 2. The smallest absolute Gasteiger partial charge is 0.257 e. The first-order valence-corrected chi connectivity index (χ1v) is 6.37. The summed E-state index contributed by atoms with van der Waals surface area (Å²) in [5.74, 6) is -0.837. The third-order valence-electron chi connectivity index (χ3n) is 3.23. The molecule has 0 spiro atoms. The Balaban J connectivity index is 2.29. The van der Waals surface area contributed by atoms with Gasteiger partial charge in [-0.2, -0.15) is 0 Å². The monoisotopic (exact) mass is 270 g/mol.